The molecule has 1 aromatic rings. The lowest BCUT2D eigenvalue weighted by atomic mass is 9.80. The van der Waals surface area contributed by atoms with Crippen molar-refractivity contribution in [3.8, 4) is 0 Å². The summed E-state index contributed by atoms with van der Waals surface area (Å²) in [4.78, 5) is 10.9. The summed E-state index contributed by atoms with van der Waals surface area (Å²) in [6.45, 7) is 8.41. The minimum atomic E-state index is -0.869. The van der Waals surface area contributed by atoms with Crippen LogP contribution >= 0.6 is 0 Å². The van der Waals surface area contributed by atoms with Gasteiger partial charge in [-0.15, -0.1) is 0 Å². The monoisotopic (exact) mass is 263 g/mol. The predicted octanol–water partition coefficient (Wildman–Crippen LogP) is 3.69. The Morgan fingerprint density at radius 2 is 1.84 bits per heavy atom. The zero-order chi connectivity index (χ0) is 14.3. The van der Waals surface area contributed by atoms with Gasteiger partial charge in [0.25, 0.3) is 0 Å². The predicted molar refractivity (Wildman–Crippen MR) is 78.4 cm³/mol. The number of carboxylic acid groups (broad SMARTS) is 1. The lowest BCUT2D eigenvalue weighted by molar-refractivity contribution is 0.0696. The van der Waals surface area contributed by atoms with Gasteiger partial charge in [0.1, 0.15) is 0 Å². The molecule has 0 heterocycles. The molecule has 0 aliphatic rings. The Morgan fingerprint density at radius 1 is 1.21 bits per heavy atom. The molecular weight excluding hydrogens is 238 g/mol. The summed E-state index contributed by atoms with van der Waals surface area (Å²) >= 11 is 0. The number of aromatic carboxylic acids is 1. The lowest BCUT2D eigenvalue weighted by Crippen LogP contribution is -2.32. The molecule has 3 heteroatoms. The van der Waals surface area contributed by atoms with Crippen LogP contribution in [0, 0.1) is 5.41 Å². The molecule has 0 atom stereocenters. The van der Waals surface area contributed by atoms with Gasteiger partial charge >= 0.3 is 5.97 Å². The van der Waals surface area contributed by atoms with Crippen LogP contribution in [0.3, 0.4) is 0 Å². The Kier molecular flexibility index (Phi) is 6.03. The normalized spacial score (nSPS) is 11.5. The van der Waals surface area contributed by atoms with Crippen LogP contribution in [-0.4, -0.2) is 17.6 Å². The van der Waals surface area contributed by atoms with Crippen molar-refractivity contribution in [3.63, 3.8) is 0 Å². The van der Waals surface area contributed by atoms with E-state index in [1.165, 1.54) is 19.3 Å². The zero-order valence-corrected chi connectivity index (χ0v) is 12.2. The molecule has 1 aromatic carbocycles. The van der Waals surface area contributed by atoms with Crippen LogP contribution < -0.4 is 5.32 Å². The molecule has 3 nitrogen and oxygen atoms in total. The second-order valence-electron chi connectivity index (χ2n) is 5.17. The summed E-state index contributed by atoms with van der Waals surface area (Å²) in [6, 6.07) is 7.12. The Hall–Kier alpha value is -1.35. The van der Waals surface area contributed by atoms with E-state index in [9.17, 15) is 4.79 Å². The second-order valence-corrected chi connectivity index (χ2v) is 5.17. The van der Waals surface area contributed by atoms with Crippen molar-refractivity contribution in [2.24, 2.45) is 5.41 Å². The molecule has 0 aliphatic heterocycles. The number of hydrogen-bond acceptors (Lipinski definition) is 2. The number of carbonyl (C=O) groups is 1. The van der Waals surface area contributed by atoms with E-state index in [-0.39, 0.29) is 0 Å². The highest BCUT2D eigenvalue weighted by molar-refractivity contribution is 5.87. The molecule has 0 bridgehead atoms. The van der Waals surface area contributed by atoms with Crippen molar-refractivity contribution < 1.29 is 9.90 Å². The highest BCUT2D eigenvalue weighted by Crippen LogP contribution is 2.29. The molecule has 0 unspecified atom stereocenters. The van der Waals surface area contributed by atoms with E-state index in [4.69, 9.17) is 5.11 Å². The van der Waals surface area contributed by atoms with Crippen LogP contribution in [0.15, 0.2) is 24.3 Å². The van der Waals surface area contributed by atoms with Gasteiger partial charge in [-0.3, -0.25) is 0 Å². The van der Waals surface area contributed by atoms with Crippen molar-refractivity contribution in [2.75, 3.05) is 6.54 Å². The maximum Gasteiger partial charge on any atom is 0.335 e. The second kappa shape index (κ2) is 7.29. The third kappa shape index (κ3) is 4.35. The summed E-state index contributed by atoms with van der Waals surface area (Å²) in [5.74, 6) is -0.869. The van der Waals surface area contributed by atoms with Gasteiger partial charge in [-0.25, -0.2) is 4.79 Å². The molecule has 1 rings (SSSR count). The topological polar surface area (TPSA) is 49.3 Å². The molecule has 2 N–H and O–H groups in total. The molecule has 0 radical (unpaired) electrons. The maximum absolute atomic E-state index is 10.9. The van der Waals surface area contributed by atoms with Crippen LogP contribution in [-0.2, 0) is 6.54 Å². The molecule has 0 saturated carbocycles. The third-order valence-electron chi connectivity index (χ3n) is 4.25. The van der Waals surface area contributed by atoms with E-state index < -0.39 is 5.97 Å². The first-order valence-electron chi connectivity index (χ1n) is 7.10. The summed E-state index contributed by atoms with van der Waals surface area (Å²) in [5, 5.41) is 12.4. The van der Waals surface area contributed by atoms with E-state index in [1.807, 2.05) is 6.07 Å². The van der Waals surface area contributed by atoms with Crippen LogP contribution in [0.4, 0.5) is 0 Å². The Bertz CT molecular complexity index is 403. The van der Waals surface area contributed by atoms with Gasteiger partial charge in [0.05, 0.1) is 5.56 Å². The van der Waals surface area contributed by atoms with E-state index in [1.54, 1.807) is 18.2 Å². The van der Waals surface area contributed by atoms with Gasteiger partial charge in [-0.05, 0) is 42.4 Å². The maximum atomic E-state index is 10.9. The van der Waals surface area contributed by atoms with Crippen LogP contribution in [0.5, 0.6) is 0 Å². The molecule has 0 amide bonds. The van der Waals surface area contributed by atoms with Crippen LogP contribution in [0.25, 0.3) is 0 Å². The van der Waals surface area contributed by atoms with Gasteiger partial charge in [0, 0.05) is 13.1 Å². The van der Waals surface area contributed by atoms with Gasteiger partial charge in [0.2, 0.25) is 0 Å². The SMILES string of the molecule is CCC(CC)(CC)CNCc1cccc(C(=O)O)c1. The molecule has 0 aliphatic carbocycles. The first kappa shape index (κ1) is 15.7. The fourth-order valence-corrected chi connectivity index (χ4v) is 2.41. The smallest absolute Gasteiger partial charge is 0.335 e. The lowest BCUT2D eigenvalue weighted by Gasteiger charge is -2.30. The van der Waals surface area contributed by atoms with Crippen molar-refractivity contribution in [3.05, 3.63) is 35.4 Å². The Labute approximate surface area is 116 Å². The minimum absolute atomic E-state index is 0.354. The molecule has 19 heavy (non-hydrogen) atoms. The molecule has 106 valence electrons. The number of carboxylic acids is 1. The highest BCUT2D eigenvalue weighted by Gasteiger charge is 2.22. The first-order chi connectivity index (χ1) is 9.06. The number of benzene rings is 1. The summed E-state index contributed by atoms with van der Waals surface area (Å²) in [5.41, 5.74) is 1.74. The summed E-state index contributed by atoms with van der Waals surface area (Å²) in [6.07, 6.45) is 3.51. The molecule has 0 saturated heterocycles. The van der Waals surface area contributed by atoms with E-state index >= 15 is 0 Å². The van der Waals surface area contributed by atoms with E-state index in [0.29, 0.717) is 11.0 Å². The minimum Gasteiger partial charge on any atom is -0.478 e. The zero-order valence-electron chi connectivity index (χ0n) is 12.2. The van der Waals surface area contributed by atoms with E-state index in [2.05, 4.69) is 26.1 Å². The first-order valence-corrected chi connectivity index (χ1v) is 7.10. The Morgan fingerprint density at radius 3 is 2.37 bits per heavy atom. The van der Waals surface area contributed by atoms with Gasteiger partial charge in [-0.1, -0.05) is 32.9 Å². The summed E-state index contributed by atoms with van der Waals surface area (Å²) in [7, 11) is 0. The van der Waals surface area contributed by atoms with Gasteiger partial charge in [-0.2, -0.15) is 0 Å². The van der Waals surface area contributed by atoms with Gasteiger partial charge < -0.3 is 10.4 Å². The van der Waals surface area contributed by atoms with Crippen molar-refractivity contribution in [1.29, 1.82) is 0 Å². The fraction of sp³-hybridized carbons (Fsp3) is 0.562. The largest absolute Gasteiger partial charge is 0.478 e. The van der Waals surface area contributed by atoms with Crippen molar-refractivity contribution in [1.82, 2.24) is 5.32 Å². The number of rotatable bonds is 8. The molecule has 0 fully saturated rings. The molecule has 0 spiro atoms. The van der Waals surface area contributed by atoms with Crippen LogP contribution in [0.2, 0.25) is 0 Å². The average molecular weight is 263 g/mol. The molecular formula is C16H25NO2. The third-order valence-corrected chi connectivity index (χ3v) is 4.25. The number of hydrogen-bond donors (Lipinski definition) is 2. The van der Waals surface area contributed by atoms with Crippen molar-refractivity contribution in [2.45, 2.75) is 46.6 Å². The van der Waals surface area contributed by atoms with E-state index in [0.717, 1.165) is 18.7 Å². The van der Waals surface area contributed by atoms with Crippen molar-refractivity contribution >= 4 is 5.97 Å². The Balaban J connectivity index is 2.57. The quantitative estimate of drug-likeness (QED) is 0.752. The van der Waals surface area contributed by atoms with Gasteiger partial charge in [0.15, 0.2) is 0 Å². The fourth-order valence-electron chi connectivity index (χ4n) is 2.41. The highest BCUT2D eigenvalue weighted by atomic mass is 16.4. The molecule has 0 aromatic heterocycles. The standard InChI is InChI=1S/C16H25NO2/c1-4-16(5-2,6-3)12-17-11-13-8-7-9-14(10-13)15(18)19/h7-10,17H,4-6,11-12H2,1-3H3,(H,18,19). The van der Waals surface area contributed by atoms with Crippen LogP contribution in [0.1, 0.15) is 56.0 Å². The average Bonchev–Trinajstić information content (AvgIpc) is 2.44. The summed E-state index contributed by atoms with van der Waals surface area (Å²) < 4.78 is 0. The number of nitrogens with one attached hydrogen (secondary N) is 1.